The molecule has 0 amide bonds. The molecular formula is C49H89NO3. The number of rotatable bonds is 27. The Morgan fingerprint density at radius 2 is 1.45 bits per heavy atom. The van der Waals surface area contributed by atoms with Crippen LogP contribution in [0.3, 0.4) is 0 Å². The molecule has 0 bridgehead atoms. The number of nitrogens with zero attached hydrogens (tertiary/aromatic N) is 1. The summed E-state index contributed by atoms with van der Waals surface area (Å²) < 4.78 is 18.7. The predicted octanol–water partition coefficient (Wildman–Crippen LogP) is 13.2. The normalized spacial score (nSPS) is 31.1. The molecule has 0 heterocycles. The Morgan fingerprint density at radius 1 is 0.755 bits per heavy atom. The van der Waals surface area contributed by atoms with Crippen LogP contribution in [0.1, 0.15) is 183 Å². The Hall–Kier alpha value is -0.680. The van der Waals surface area contributed by atoms with Crippen LogP contribution < -0.4 is 0 Å². The summed E-state index contributed by atoms with van der Waals surface area (Å²) in [6.45, 7) is 19.2. The third-order valence-corrected chi connectivity index (χ3v) is 15.2. The van der Waals surface area contributed by atoms with Crippen LogP contribution in [-0.2, 0) is 14.2 Å². The lowest BCUT2D eigenvalue weighted by molar-refractivity contribution is -0.0641. The second-order valence-electron chi connectivity index (χ2n) is 19.7. The van der Waals surface area contributed by atoms with Crippen molar-refractivity contribution in [3.05, 3.63) is 23.8 Å². The van der Waals surface area contributed by atoms with E-state index in [-0.39, 0.29) is 0 Å². The quantitative estimate of drug-likeness (QED) is 0.0620. The molecule has 4 aliphatic carbocycles. The number of fused-ring (bicyclic) bond motifs is 5. The van der Waals surface area contributed by atoms with Crippen molar-refractivity contribution in [2.75, 3.05) is 47.1 Å². The van der Waals surface area contributed by atoms with Gasteiger partial charge in [-0.1, -0.05) is 117 Å². The molecule has 2 unspecified atom stereocenters. The maximum atomic E-state index is 6.57. The standard InChI is InChI=1S/C49H89NO3/c1-9-10-11-12-13-14-16-19-33-51-37-42(50(7)8)38-52-34-20-17-15-18-21-35-53-43-29-31-48(5)41(36-43)25-26-44-46-28-27-45(40(4)24-22-23-39(2)3)49(46,6)32-30-47(44)48/h13-14,25,39-40,42-47H,9-12,15-24,26-38H2,1-8H3/b14-13-/t40-,42+,43+,44+,45-,46?,47?,48+,49-/m1/s1. The van der Waals surface area contributed by atoms with Gasteiger partial charge in [0.25, 0.3) is 0 Å². The van der Waals surface area contributed by atoms with E-state index in [1.54, 1.807) is 5.57 Å². The largest absolute Gasteiger partial charge is 0.380 e. The van der Waals surface area contributed by atoms with Crippen molar-refractivity contribution < 1.29 is 14.2 Å². The lowest BCUT2D eigenvalue weighted by atomic mass is 9.47. The summed E-state index contributed by atoms with van der Waals surface area (Å²) in [5, 5.41) is 0. The monoisotopic (exact) mass is 740 g/mol. The molecule has 4 rings (SSSR count). The van der Waals surface area contributed by atoms with Gasteiger partial charge in [-0.05, 0) is 150 Å². The molecule has 0 aromatic rings. The third kappa shape index (κ3) is 13.5. The number of ether oxygens (including phenoxy) is 3. The summed E-state index contributed by atoms with van der Waals surface area (Å²) in [6, 6.07) is 0.330. The summed E-state index contributed by atoms with van der Waals surface area (Å²) in [5.41, 5.74) is 2.79. The van der Waals surface area contributed by atoms with Gasteiger partial charge in [0.05, 0.1) is 25.4 Å². The summed E-state index contributed by atoms with van der Waals surface area (Å²) in [7, 11) is 4.27. The lowest BCUT2D eigenvalue weighted by Gasteiger charge is -2.58. The summed E-state index contributed by atoms with van der Waals surface area (Å²) in [4.78, 5) is 2.24. The number of likely N-dealkylation sites (N-methyl/N-ethyl adjacent to an activating group) is 1. The molecule has 4 heteroatoms. The first kappa shape index (κ1) is 45.0. The fourth-order valence-corrected chi connectivity index (χ4v) is 11.7. The topological polar surface area (TPSA) is 30.9 Å². The number of hydrogen-bond donors (Lipinski definition) is 0. The molecule has 0 N–H and O–H groups in total. The molecule has 0 aliphatic heterocycles. The van der Waals surface area contributed by atoms with Crippen LogP contribution in [-0.4, -0.2) is 64.2 Å². The number of allylic oxidation sites excluding steroid dienone is 3. The van der Waals surface area contributed by atoms with Gasteiger partial charge in [-0.3, -0.25) is 0 Å². The molecule has 0 aromatic heterocycles. The second-order valence-corrected chi connectivity index (χ2v) is 19.7. The van der Waals surface area contributed by atoms with Gasteiger partial charge in [-0.2, -0.15) is 0 Å². The Morgan fingerprint density at radius 3 is 2.17 bits per heavy atom. The second kappa shape index (κ2) is 23.5. The van der Waals surface area contributed by atoms with Crippen molar-refractivity contribution in [3.63, 3.8) is 0 Å². The van der Waals surface area contributed by atoms with Gasteiger partial charge in [-0.25, -0.2) is 0 Å². The first-order chi connectivity index (χ1) is 25.6. The van der Waals surface area contributed by atoms with Gasteiger partial charge in [0.1, 0.15) is 0 Å². The van der Waals surface area contributed by atoms with Gasteiger partial charge in [0.2, 0.25) is 0 Å². The van der Waals surface area contributed by atoms with Crippen molar-refractivity contribution in [1.82, 2.24) is 4.90 Å². The molecule has 3 saturated carbocycles. The Bertz CT molecular complexity index is 1050. The van der Waals surface area contributed by atoms with Crippen LogP contribution >= 0.6 is 0 Å². The predicted molar refractivity (Wildman–Crippen MR) is 227 cm³/mol. The van der Waals surface area contributed by atoms with Gasteiger partial charge in [0, 0.05) is 19.8 Å². The van der Waals surface area contributed by atoms with E-state index < -0.39 is 0 Å². The zero-order chi connectivity index (χ0) is 38.1. The highest BCUT2D eigenvalue weighted by Crippen LogP contribution is 2.67. The Kier molecular flexibility index (Phi) is 20.0. The van der Waals surface area contributed by atoms with Gasteiger partial charge in [-0.15, -0.1) is 0 Å². The molecule has 0 saturated heterocycles. The summed E-state index contributed by atoms with van der Waals surface area (Å²) in [6.07, 6.45) is 36.8. The molecule has 53 heavy (non-hydrogen) atoms. The molecule has 0 spiro atoms. The van der Waals surface area contributed by atoms with E-state index >= 15 is 0 Å². The minimum absolute atomic E-state index is 0.330. The molecule has 0 aromatic carbocycles. The molecule has 4 aliphatic rings. The van der Waals surface area contributed by atoms with E-state index in [9.17, 15) is 0 Å². The molecule has 4 nitrogen and oxygen atoms in total. The van der Waals surface area contributed by atoms with Crippen molar-refractivity contribution >= 4 is 0 Å². The molecule has 9 atom stereocenters. The van der Waals surface area contributed by atoms with Crippen LogP contribution in [0.15, 0.2) is 23.8 Å². The smallest absolute Gasteiger partial charge is 0.0644 e. The van der Waals surface area contributed by atoms with Gasteiger partial charge < -0.3 is 19.1 Å². The molecule has 0 radical (unpaired) electrons. The summed E-state index contributed by atoms with van der Waals surface area (Å²) in [5.74, 6) is 5.49. The van der Waals surface area contributed by atoms with E-state index in [0.29, 0.717) is 23.0 Å². The van der Waals surface area contributed by atoms with Crippen LogP contribution in [0.25, 0.3) is 0 Å². The maximum Gasteiger partial charge on any atom is 0.0644 e. The zero-order valence-electron chi connectivity index (χ0n) is 36.6. The number of unbranched alkanes of at least 4 members (excludes halogenated alkanes) is 8. The first-order valence-electron chi connectivity index (χ1n) is 23.4. The third-order valence-electron chi connectivity index (χ3n) is 15.2. The molecule has 308 valence electrons. The van der Waals surface area contributed by atoms with E-state index in [0.717, 1.165) is 87.8 Å². The summed E-state index contributed by atoms with van der Waals surface area (Å²) >= 11 is 0. The Balaban J connectivity index is 1.05. The minimum atomic E-state index is 0.330. The average molecular weight is 740 g/mol. The van der Waals surface area contributed by atoms with Crippen molar-refractivity contribution in [2.45, 2.75) is 195 Å². The van der Waals surface area contributed by atoms with E-state index in [1.165, 1.54) is 122 Å². The van der Waals surface area contributed by atoms with Crippen LogP contribution in [0.2, 0.25) is 0 Å². The SMILES string of the molecule is CCCCC/C=C\CCCOC[C@@H](COCCCCCCCO[C@H]1CC[C@@]2(C)C(=CC[C@@H]3C2CC[C@@]2(C)C3CC[C@@H]2[C@H](C)CCCC(C)C)C1)N(C)C. The van der Waals surface area contributed by atoms with Gasteiger partial charge >= 0.3 is 0 Å². The van der Waals surface area contributed by atoms with E-state index in [2.05, 4.69) is 78.8 Å². The highest BCUT2D eigenvalue weighted by atomic mass is 16.5. The van der Waals surface area contributed by atoms with Crippen LogP contribution in [0.4, 0.5) is 0 Å². The minimum Gasteiger partial charge on any atom is -0.380 e. The fourth-order valence-electron chi connectivity index (χ4n) is 11.7. The molecular weight excluding hydrogens is 651 g/mol. The first-order valence-corrected chi connectivity index (χ1v) is 23.4. The maximum absolute atomic E-state index is 6.57. The zero-order valence-corrected chi connectivity index (χ0v) is 36.6. The Labute approximate surface area is 330 Å². The van der Waals surface area contributed by atoms with E-state index in [1.807, 2.05) is 0 Å². The highest BCUT2D eigenvalue weighted by molar-refractivity contribution is 5.25. The van der Waals surface area contributed by atoms with Crippen molar-refractivity contribution in [1.29, 1.82) is 0 Å². The average Bonchev–Trinajstić information content (AvgIpc) is 3.49. The van der Waals surface area contributed by atoms with E-state index in [4.69, 9.17) is 14.2 Å². The fraction of sp³-hybridized carbons (Fsp3) is 0.918. The number of hydrogen-bond acceptors (Lipinski definition) is 4. The molecule has 3 fully saturated rings. The van der Waals surface area contributed by atoms with Crippen molar-refractivity contribution in [2.24, 2.45) is 46.3 Å². The van der Waals surface area contributed by atoms with Crippen molar-refractivity contribution in [3.8, 4) is 0 Å². The van der Waals surface area contributed by atoms with Gasteiger partial charge in [0.15, 0.2) is 0 Å². The highest BCUT2D eigenvalue weighted by Gasteiger charge is 2.59. The van der Waals surface area contributed by atoms with Crippen LogP contribution in [0, 0.1) is 46.3 Å². The van der Waals surface area contributed by atoms with Crippen LogP contribution in [0.5, 0.6) is 0 Å². The lowest BCUT2D eigenvalue weighted by Crippen LogP contribution is -2.51.